The smallest absolute Gasteiger partial charge is 0.327 e. The fraction of sp³-hybridized carbons (Fsp3) is 0.533. The van der Waals surface area contributed by atoms with Crippen LogP contribution in [0.5, 0.6) is 0 Å². The van der Waals surface area contributed by atoms with E-state index in [2.05, 4.69) is 0 Å². The Morgan fingerprint density at radius 2 is 1.86 bits per heavy atom. The van der Waals surface area contributed by atoms with E-state index < -0.39 is 11.3 Å². The van der Waals surface area contributed by atoms with Crippen LogP contribution >= 0.6 is 23.2 Å². The van der Waals surface area contributed by atoms with Crippen LogP contribution in [0, 0.1) is 0 Å². The Kier molecular flexibility index (Phi) is 4.17. The number of amides is 2. The minimum atomic E-state index is -1.29. The molecule has 116 valence electrons. The minimum Gasteiger partial charge on any atom is -0.371 e. The molecule has 0 aliphatic carbocycles. The van der Waals surface area contributed by atoms with E-state index in [0.29, 0.717) is 28.7 Å². The second kappa shape index (κ2) is 5.34. The normalized spacial score (nSPS) is 25.4. The van der Waals surface area contributed by atoms with Gasteiger partial charge in [0.25, 0.3) is 0 Å². The number of hydrogen-bond donors (Lipinski definition) is 1. The van der Waals surface area contributed by atoms with E-state index in [4.69, 9.17) is 23.2 Å². The van der Waals surface area contributed by atoms with Crippen molar-refractivity contribution >= 4 is 34.9 Å². The van der Waals surface area contributed by atoms with Gasteiger partial charge in [-0.05, 0) is 45.9 Å². The highest BCUT2D eigenvalue weighted by Gasteiger charge is 2.49. The first kappa shape index (κ1) is 16.4. The van der Waals surface area contributed by atoms with Crippen LogP contribution in [-0.4, -0.2) is 33.8 Å². The van der Waals surface area contributed by atoms with Crippen LogP contribution in [0.25, 0.3) is 0 Å². The molecule has 4 nitrogen and oxygen atoms in total. The maximum atomic E-state index is 12.8. The molecule has 0 radical (unpaired) electrons. The van der Waals surface area contributed by atoms with Crippen molar-refractivity contribution in [2.75, 3.05) is 11.4 Å². The van der Waals surface area contributed by atoms with Gasteiger partial charge in [0.15, 0.2) is 0 Å². The summed E-state index contributed by atoms with van der Waals surface area (Å²) in [7, 11) is 0. The van der Waals surface area contributed by atoms with E-state index in [-0.39, 0.29) is 6.03 Å². The molecule has 1 fully saturated rings. The van der Waals surface area contributed by atoms with Gasteiger partial charge in [-0.3, -0.25) is 4.90 Å². The fourth-order valence-corrected chi connectivity index (χ4v) is 3.45. The zero-order valence-corrected chi connectivity index (χ0v) is 14.2. The second-order valence-corrected chi connectivity index (χ2v) is 6.98. The molecule has 0 unspecified atom stereocenters. The highest BCUT2D eigenvalue weighted by molar-refractivity contribution is 6.42. The van der Waals surface area contributed by atoms with Crippen LogP contribution in [0.2, 0.25) is 10.0 Å². The number of anilines is 1. The number of hydrogen-bond acceptors (Lipinski definition) is 2. The van der Waals surface area contributed by atoms with Crippen molar-refractivity contribution in [3.8, 4) is 0 Å². The lowest BCUT2D eigenvalue weighted by Gasteiger charge is -2.53. The third kappa shape index (κ3) is 2.85. The largest absolute Gasteiger partial charge is 0.371 e. The predicted molar refractivity (Wildman–Crippen MR) is 86.0 cm³/mol. The Morgan fingerprint density at radius 3 is 2.38 bits per heavy atom. The first-order chi connectivity index (χ1) is 9.60. The lowest BCUT2D eigenvalue weighted by Crippen LogP contribution is -2.68. The van der Waals surface area contributed by atoms with Crippen molar-refractivity contribution in [3.05, 3.63) is 28.2 Å². The number of carbonyl (C=O) groups is 1. The molecule has 1 saturated heterocycles. The molecule has 1 N–H and O–H groups in total. The van der Waals surface area contributed by atoms with Crippen molar-refractivity contribution < 1.29 is 9.90 Å². The van der Waals surface area contributed by atoms with Crippen LogP contribution in [0.15, 0.2) is 18.2 Å². The molecule has 2 amide bonds. The molecule has 1 heterocycles. The van der Waals surface area contributed by atoms with Crippen LogP contribution < -0.4 is 4.90 Å². The summed E-state index contributed by atoms with van der Waals surface area (Å²) in [5.41, 5.74) is -1.17. The molecule has 0 aromatic heterocycles. The third-order valence-corrected chi connectivity index (χ3v) is 4.62. The molecule has 1 atom stereocenters. The standard InChI is InChI=1S/C15H20Cl2N2O2/c1-5-18-13(20)19(15(4,21)9-14(18,2)3)10-6-7-11(16)12(17)8-10/h6-8,21H,5,9H2,1-4H3/t15-/m1/s1. The lowest BCUT2D eigenvalue weighted by molar-refractivity contribution is -0.0238. The van der Waals surface area contributed by atoms with Gasteiger partial charge in [-0.25, -0.2) is 4.79 Å². The summed E-state index contributed by atoms with van der Waals surface area (Å²) in [6.45, 7) is 8.04. The predicted octanol–water partition coefficient (Wildman–Crippen LogP) is 4.13. The molecule has 1 aliphatic heterocycles. The zero-order chi connectivity index (χ0) is 16.0. The van der Waals surface area contributed by atoms with Gasteiger partial charge in [-0.2, -0.15) is 0 Å². The summed E-state index contributed by atoms with van der Waals surface area (Å²) in [6.07, 6.45) is 0.430. The average molecular weight is 331 g/mol. The molecule has 0 spiro atoms. The summed E-state index contributed by atoms with van der Waals surface area (Å²) in [6, 6.07) is 4.67. The maximum absolute atomic E-state index is 12.8. The van der Waals surface area contributed by atoms with Gasteiger partial charge in [0.05, 0.1) is 10.0 Å². The molecule has 1 aromatic rings. The van der Waals surface area contributed by atoms with Crippen molar-refractivity contribution in [2.45, 2.75) is 45.4 Å². The van der Waals surface area contributed by atoms with Crippen molar-refractivity contribution in [1.82, 2.24) is 4.90 Å². The van der Waals surface area contributed by atoms with Gasteiger partial charge >= 0.3 is 6.03 Å². The Hall–Kier alpha value is -0.970. The van der Waals surface area contributed by atoms with Gasteiger partial charge in [-0.15, -0.1) is 0 Å². The second-order valence-electron chi connectivity index (χ2n) is 6.17. The third-order valence-electron chi connectivity index (χ3n) is 3.88. The lowest BCUT2D eigenvalue weighted by atomic mass is 9.87. The highest BCUT2D eigenvalue weighted by atomic mass is 35.5. The van der Waals surface area contributed by atoms with Crippen molar-refractivity contribution in [2.24, 2.45) is 0 Å². The Morgan fingerprint density at radius 1 is 1.24 bits per heavy atom. The summed E-state index contributed by atoms with van der Waals surface area (Å²) >= 11 is 12.0. The van der Waals surface area contributed by atoms with Crippen molar-refractivity contribution in [1.29, 1.82) is 0 Å². The average Bonchev–Trinajstić information content (AvgIpc) is 2.31. The number of rotatable bonds is 2. The number of aliphatic hydroxyl groups is 1. The van der Waals surface area contributed by atoms with E-state index in [9.17, 15) is 9.90 Å². The summed E-state index contributed by atoms with van der Waals surface area (Å²) < 4.78 is 0. The Balaban J connectivity index is 2.50. The Bertz CT molecular complexity index is 573. The molecule has 1 aromatic carbocycles. The number of halogens is 2. The molecule has 0 bridgehead atoms. The molecule has 21 heavy (non-hydrogen) atoms. The van der Waals surface area contributed by atoms with Gasteiger partial charge in [0.1, 0.15) is 5.72 Å². The summed E-state index contributed by atoms with van der Waals surface area (Å²) in [4.78, 5) is 15.9. The fourth-order valence-electron chi connectivity index (χ4n) is 3.16. The van der Waals surface area contributed by atoms with Gasteiger partial charge in [0.2, 0.25) is 0 Å². The van der Waals surface area contributed by atoms with E-state index in [0.717, 1.165) is 0 Å². The molecule has 0 saturated carbocycles. The summed E-state index contributed by atoms with van der Waals surface area (Å²) in [5.74, 6) is 0. The van der Waals surface area contributed by atoms with Crippen LogP contribution in [0.4, 0.5) is 10.5 Å². The van der Waals surface area contributed by atoms with Crippen molar-refractivity contribution in [3.63, 3.8) is 0 Å². The summed E-state index contributed by atoms with van der Waals surface area (Å²) in [5, 5.41) is 11.5. The molecule has 2 rings (SSSR count). The molecular weight excluding hydrogens is 311 g/mol. The molecule has 6 heteroatoms. The molecular formula is C15H20Cl2N2O2. The Labute approximate surface area is 135 Å². The van der Waals surface area contributed by atoms with E-state index in [1.165, 1.54) is 4.90 Å². The minimum absolute atomic E-state index is 0.239. The van der Waals surface area contributed by atoms with Crippen LogP contribution in [0.3, 0.4) is 0 Å². The van der Waals surface area contributed by atoms with Gasteiger partial charge in [-0.1, -0.05) is 23.2 Å². The number of nitrogens with zero attached hydrogens (tertiary/aromatic N) is 2. The number of benzene rings is 1. The van der Waals surface area contributed by atoms with E-state index in [1.807, 2.05) is 20.8 Å². The van der Waals surface area contributed by atoms with Crippen LogP contribution in [-0.2, 0) is 0 Å². The highest BCUT2D eigenvalue weighted by Crippen LogP contribution is 2.40. The first-order valence-corrected chi connectivity index (χ1v) is 7.65. The quantitative estimate of drug-likeness (QED) is 0.885. The number of carbonyl (C=O) groups excluding carboxylic acids is 1. The van der Waals surface area contributed by atoms with E-state index in [1.54, 1.807) is 30.0 Å². The number of urea groups is 1. The topological polar surface area (TPSA) is 43.8 Å². The SMILES string of the molecule is CCN1C(=O)N(c2ccc(Cl)c(Cl)c2)[C@](C)(O)CC1(C)C. The van der Waals surface area contributed by atoms with E-state index >= 15 is 0 Å². The monoisotopic (exact) mass is 330 g/mol. The van der Waals surface area contributed by atoms with Gasteiger partial charge in [0, 0.05) is 24.2 Å². The van der Waals surface area contributed by atoms with Crippen LogP contribution in [0.1, 0.15) is 34.1 Å². The molecule has 1 aliphatic rings. The first-order valence-electron chi connectivity index (χ1n) is 6.89. The maximum Gasteiger partial charge on any atom is 0.327 e. The van der Waals surface area contributed by atoms with Gasteiger partial charge < -0.3 is 10.0 Å². The zero-order valence-electron chi connectivity index (χ0n) is 12.7.